The minimum absolute atomic E-state index is 0.149. The molecule has 1 N–H and O–H groups in total. The molecule has 0 radical (unpaired) electrons. The van der Waals surface area contributed by atoms with E-state index in [0.29, 0.717) is 23.1 Å². The van der Waals surface area contributed by atoms with Gasteiger partial charge in [-0.05, 0) is 30.3 Å². The lowest BCUT2D eigenvalue weighted by Gasteiger charge is -2.13. The van der Waals surface area contributed by atoms with Crippen LogP contribution in [0.3, 0.4) is 0 Å². The Balaban J connectivity index is 2.09. The molecular formula is C27H26ClF3N2O5S. The first-order valence-corrected chi connectivity index (χ1v) is 12.7. The van der Waals surface area contributed by atoms with Gasteiger partial charge in [-0.3, -0.25) is 19.0 Å². The maximum atomic E-state index is 13.4. The lowest BCUT2D eigenvalue weighted by Crippen LogP contribution is -2.36. The van der Waals surface area contributed by atoms with Gasteiger partial charge in [0.05, 0.1) is 29.3 Å². The molecule has 0 bridgehead atoms. The number of thiazole rings is 1. The van der Waals surface area contributed by atoms with E-state index >= 15 is 0 Å². The zero-order valence-electron chi connectivity index (χ0n) is 21.7. The van der Waals surface area contributed by atoms with Crippen molar-refractivity contribution in [2.24, 2.45) is 5.41 Å². The van der Waals surface area contributed by atoms with Crippen LogP contribution < -0.4 is 29.5 Å². The number of para-hydroxylation sites is 1. The van der Waals surface area contributed by atoms with Crippen LogP contribution in [0.2, 0.25) is 5.02 Å². The predicted molar refractivity (Wildman–Crippen MR) is 145 cm³/mol. The second-order valence-corrected chi connectivity index (χ2v) is 10.9. The van der Waals surface area contributed by atoms with Crippen molar-refractivity contribution in [2.75, 3.05) is 19.5 Å². The van der Waals surface area contributed by atoms with Crippen LogP contribution in [-0.4, -0.2) is 30.5 Å². The molecule has 7 nitrogen and oxygen atoms in total. The van der Waals surface area contributed by atoms with Gasteiger partial charge in [0.25, 0.3) is 5.56 Å². The van der Waals surface area contributed by atoms with Gasteiger partial charge in [0.15, 0.2) is 17.3 Å². The number of Topliss-reactive ketones (excluding diaryl/α,β-unsaturated/α-hetero) is 1. The summed E-state index contributed by atoms with van der Waals surface area (Å²) in [5.41, 5.74) is -2.06. The summed E-state index contributed by atoms with van der Waals surface area (Å²) in [5, 5.41) is 1.85. The van der Waals surface area contributed by atoms with Crippen molar-refractivity contribution in [3.05, 3.63) is 72.1 Å². The van der Waals surface area contributed by atoms with Crippen molar-refractivity contribution in [1.82, 2.24) is 4.57 Å². The monoisotopic (exact) mass is 582 g/mol. The number of nitrogens with one attached hydrogen (secondary N) is 1. The minimum Gasteiger partial charge on any atom is -0.493 e. The number of methoxy groups -OCH3 is 2. The van der Waals surface area contributed by atoms with E-state index in [4.69, 9.17) is 21.1 Å². The first kappa shape index (κ1) is 30.0. The third kappa shape index (κ3) is 7.10. The number of carbonyl (C=O) groups is 2. The fourth-order valence-electron chi connectivity index (χ4n) is 3.45. The molecule has 0 saturated heterocycles. The summed E-state index contributed by atoms with van der Waals surface area (Å²) in [7, 11) is 2.93. The van der Waals surface area contributed by atoms with Crippen molar-refractivity contribution in [1.29, 1.82) is 0 Å². The fraction of sp³-hybridized carbons (Fsp3) is 0.296. The third-order valence-electron chi connectivity index (χ3n) is 5.51. The molecule has 0 spiro atoms. The van der Waals surface area contributed by atoms with Crippen LogP contribution in [-0.2, 0) is 22.3 Å². The van der Waals surface area contributed by atoms with Gasteiger partial charge in [-0.25, -0.2) is 0 Å². The summed E-state index contributed by atoms with van der Waals surface area (Å²) in [6.45, 7) is 4.58. The van der Waals surface area contributed by atoms with Crippen molar-refractivity contribution in [3.8, 4) is 11.5 Å². The van der Waals surface area contributed by atoms with Gasteiger partial charge < -0.3 is 14.8 Å². The van der Waals surface area contributed by atoms with Crippen molar-refractivity contribution in [3.63, 3.8) is 0 Å². The largest absolute Gasteiger partial charge is 0.493 e. The number of benzene rings is 2. The smallest absolute Gasteiger partial charge is 0.417 e. The Morgan fingerprint density at radius 2 is 1.79 bits per heavy atom. The molecule has 2 aromatic carbocycles. The average molecular weight is 583 g/mol. The number of halogens is 4. The highest BCUT2D eigenvalue weighted by molar-refractivity contribution is 7.07. The van der Waals surface area contributed by atoms with E-state index in [1.54, 1.807) is 45.0 Å². The van der Waals surface area contributed by atoms with Crippen LogP contribution >= 0.6 is 22.9 Å². The molecule has 3 rings (SSSR count). The second-order valence-electron chi connectivity index (χ2n) is 9.42. The highest BCUT2D eigenvalue weighted by Gasteiger charge is 2.33. The third-order valence-corrected chi connectivity index (χ3v) is 6.90. The molecule has 0 saturated carbocycles. The number of amides is 1. The van der Waals surface area contributed by atoms with Gasteiger partial charge >= 0.3 is 6.18 Å². The predicted octanol–water partition coefficient (Wildman–Crippen LogP) is 4.46. The SMILES string of the molecule is COc1cccc(/C=c2\s/c(=C/C(=O)C(C)(C)C)n(CC(=O)Nc3ccc(Cl)c(C(F)(F)F)c3)c2=O)c1OC. The Kier molecular flexibility index (Phi) is 8.97. The molecule has 0 aliphatic heterocycles. The molecule has 0 aliphatic carbocycles. The maximum absolute atomic E-state index is 13.4. The van der Waals surface area contributed by atoms with Crippen LogP contribution in [0.4, 0.5) is 18.9 Å². The minimum atomic E-state index is -4.72. The topological polar surface area (TPSA) is 86.6 Å². The normalized spacial score (nSPS) is 12.9. The summed E-state index contributed by atoms with van der Waals surface area (Å²) >= 11 is 6.64. The van der Waals surface area contributed by atoms with E-state index in [2.05, 4.69) is 5.32 Å². The number of nitrogens with zero attached hydrogens (tertiary/aromatic N) is 1. The van der Waals surface area contributed by atoms with Crippen molar-refractivity contribution >= 4 is 52.5 Å². The Morgan fingerprint density at radius 3 is 2.38 bits per heavy atom. The van der Waals surface area contributed by atoms with Gasteiger partial charge in [-0.15, -0.1) is 11.3 Å². The molecule has 0 unspecified atom stereocenters. The molecule has 0 atom stereocenters. The van der Waals surface area contributed by atoms with Crippen molar-refractivity contribution < 1.29 is 32.2 Å². The highest BCUT2D eigenvalue weighted by Crippen LogP contribution is 2.36. The number of rotatable bonds is 7. The van der Waals surface area contributed by atoms with Crippen LogP contribution in [0.1, 0.15) is 31.9 Å². The number of carbonyl (C=O) groups excluding carboxylic acids is 2. The Labute approximate surface area is 231 Å². The van der Waals surface area contributed by atoms with E-state index < -0.39 is 40.2 Å². The molecular weight excluding hydrogens is 557 g/mol. The van der Waals surface area contributed by atoms with E-state index in [1.165, 1.54) is 26.4 Å². The molecule has 208 valence electrons. The number of alkyl halides is 3. The Bertz CT molecular complexity index is 1590. The van der Waals surface area contributed by atoms with E-state index in [9.17, 15) is 27.6 Å². The van der Waals surface area contributed by atoms with Crippen molar-refractivity contribution in [2.45, 2.75) is 33.5 Å². The van der Waals surface area contributed by atoms with Crippen LogP contribution in [0.15, 0.2) is 41.2 Å². The molecule has 0 aliphatic rings. The molecule has 0 fully saturated rings. The van der Waals surface area contributed by atoms with Crippen LogP contribution in [0.5, 0.6) is 11.5 Å². The molecule has 1 aromatic heterocycles. The number of aromatic nitrogens is 1. The van der Waals surface area contributed by atoms with Gasteiger partial charge in [-0.2, -0.15) is 13.2 Å². The second kappa shape index (κ2) is 11.7. The quantitative estimate of drug-likeness (QED) is 0.444. The zero-order chi connectivity index (χ0) is 29.1. The molecule has 3 aromatic rings. The van der Waals surface area contributed by atoms with Crippen LogP contribution in [0.25, 0.3) is 12.2 Å². The van der Waals surface area contributed by atoms with Crippen LogP contribution in [0, 0.1) is 5.41 Å². The summed E-state index contributed by atoms with van der Waals surface area (Å²) in [6.07, 6.45) is -1.89. The molecule has 1 heterocycles. The zero-order valence-corrected chi connectivity index (χ0v) is 23.3. The van der Waals surface area contributed by atoms with E-state index in [-0.39, 0.29) is 20.7 Å². The fourth-order valence-corrected chi connectivity index (χ4v) is 4.71. The van der Waals surface area contributed by atoms with Gasteiger partial charge in [0, 0.05) is 22.7 Å². The summed E-state index contributed by atoms with van der Waals surface area (Å²) in [5.74, 6) is -0.223. The number of hydrogen-bond acceptors (Lipinski definition) is 6. The number of hydrogen-bond donors (Lipinski definition) is 1. The number of ketones is 1. The Morgan fingerprint density at radius 1 is 1.10 bits per heavy atom. The van der Waals surface area contributed by atoms with E-state index in [0.717, 1.165) is 22.0 Å². The van der Waals surface area contributed by atoms with Gasteiger partial charge in [-0.1, -0.05) is 44.5 Å². The summed E-state index contributed by atoms with van der Waals surface area (Å²) in [6, 6.07) is 8.06. The summed E-state index contributed by atoms with van der Waals surface area (Å²) < 4.78 is 51.9. The van der Waals surface area contributed by atoms with E-state index in [1.807, 2.05) is 0 Å². The molecule has 12 heteroatoms. The number of anilines is 1. The standard InChI is InChI=1S/C27H26ClF3N2O5S/c1-26(2,3)21(34)13-23-33(14-22(35)32-16-9-10-18(28)17(12-16)27(29,30)31)25(36)20(39-23)11-15-7-6-8-19(37-4)24(15)38-5/h6-13H,14H2,1-5H3,(H,32,35)/b20-11-,23-13+. The van der Waals surface area contributed by atoms with Gasteiger partial charge in [0.2, 0.25) is 5.91 Å². The first-order chi connectivity index (χ1) is 18.1. The summed E-state index contributed by atoms with van der Waals surface area (Å²) in [4.78, 5) is 39.0. The maximum Gasteiger partial charge on any atom is 0.417 e. The highest BCUT2D eigenvalue weighted by atomic mass is 35.5. The molecule has 39 heavy (non-hydrogen) atoms. The average Bonchev–Trinajstić information content (AvgIpc) is 3.12. The Hall–Kier alpha value is -3.57. The lowest BCUT2D eigenvalue weighted by molar-refractivity contribution is -0.137. The lowest BCUT2D eigenvalue weighted by atomic mass is 9.91. The molecule has 1 amide bonds. The van der Waals surface area contributed by atoms with Gasteiger partial charge in [0.1, 0.15) is 11.2 Å². The number of ether oxygens (including phenoxy) is 2. The first-order valence-electron chi connectivity index (χ1n) is 11.5.